The van der Waals surface area contributed by atoms with Gasteiger partial charge in [0, 0.05) is 0 Å². The molecular formula is C7H12OSi2. The highest BCUT2D eigenvalue weighted by Crippen LogP contribution is 1.91. The normalized spacial score (nSPS) is 11.3. The van der Waals surface area contributed by atoms with E-state index >= 15 is 0 Å². The van der Waals surface area contributed by atoms with Gasteiger partial charge in [-0.25, -0.2) is 0 Å². The number of benzene rings is 1. The van der Waals surface area contributed by atoms with E-state index in [-0.39, 0.29) is 9.76 Å². The maximum absolute atomic E-state index is 5.26. The predicted octanol–water partition coefficient (Wildman–Crippen LogP) is -0.999. The maximum atomic E-state index is 5.26. The first kappa shape index (κ1) is 7.72. The predicted molar refractivity (Wildman–Crippen MR) is 50.4 cm³/mol. The molecule has 1 aromatic carbocycles. The Hall–Kier alpha value is -0.386. The molecule has 0 N–H and O–H groups in total. The highest BCUT2D eigenvalue weighted by atomic mass is 28.3. The molecular weight excluding hydrogens is 156 g/mol. The van der Waals surface area contributed by atoms with Gasteiger partial charge in [-0.2, -0.15) is 0 Å². The lowest BCUT2D eigenvalue weighted by molar-refractivity contribution is 0.676. The third-order valence-electron chi connectivity index (χ3n) is 1.39. The Bertz CT molecular complexity index is 213. The Balaban J connectivity index is 2.75. The van der Waals surface area contributed by atoms with E-state index in [0.29, 0.717) is 0 Å². The summed E-state index contributed by atoms with van der Waals surface area (Å²) in [5.74, 6) is 0. The molecule has 0 aliphatic carbocycles. The van der Waals surface area contributed by atoms with Gasteiger partial charge in [-0.05, 0) is 12.1 Å². The average molecular weight is 168 g/mol. The summed E-state index contributed by atoms with van der Waals surface area (Å²) in [7, 11) is 0.523. The van der Waals surface area contributed by atoms with E-state index in [1.165, 1.54) is 10.8 Å². The van der Waals surface area contributed by atoms with Crippen molar-refractivity contribution in [3.63, 3.8) is 0 Å². The van der Waals surface area contributed by atoms with E-state index in [1.54, 1.807) is 0 Å². The zero-order valence-corrected chi connectivity index (χ0v) is 9.84. The quantitative estimate of drug-likeness (QED) is 0.515. The van der Waals surface area contributed by atoms with Crippen LogP contribution in [0.3, 0.4) is 0 Å². The largest absolute Gasteiger partial charge is 0.465 e. The molecule has 0 fully saturated rings. The van der Waals surface area contributed by atoms with Crippen molar-refractivity contribution in [2.75, 3.05) is 0 Å². The zero-order chi connectivity index (χ0) is 7.40. The molecule has 0 amide bonds. The molecule has 0 spiro atoms. The fourth-order valence-corrected chi connectivity index (χ4v) is 2.94. The van der Waals surface area contributed by atoms with Crippen molar-refractivity contribution in [1.29, 1.82) is 0 Å². The summed E-state index contributed by atoms with van der Waals surface area (Å²) in [5.41, 5.74) is 1.34. The number of hydrogen-bond donors (Lipinski definition) is 0. The Kier molecular flexibility index (Phi) is 2.86. The van der Waals surface area contributed by atoms with Crippen molar-refractivity contribution >= 4 is 25.4 Å². The monoisotopic (exact) mass is 168 g/mol. The Morgan fingerprint density at radius 3 is 2.90 bits per heavy atom. The third kappa shape index (κ3) is 2.09. The average Bonchev–Trinajstić information content (AvgIpc) is 1.88. The molecule has 0 aliphatic heterocycles. The van der Waals surface area contributed by atoms with Crippen LogP contribution in [0.4, 0.5) is 0 Å². The first-order valence-corrected chi connectivity index (χ1v) is 5.47. The van der Waals surface area contributed by atoms with Crippen LogP contribution < -0.4 is 5.19 Å². The van der Waals surface area contributed by atoms with E-state index in [2.05, 4.69) is 31.2 Å². The van der Waals surface area contributed by atoms with Gasteiger partial charge < -0.3 is 4.12 Å². The fraction of sp³-hybridized carbons (Fsp3) is 0.143. The van der Waals surface area contributed by atoms with E-state index in [1.807, 2.05) is 0 Å². The van der Waals surface area contributed by atoms with Crippen LogP contribution in [0.15, 0.2) is 24.3 Å². The second-order valence-electron chi connectivity index (χ2n) is 2.42. The molecule has 10 heavy (non-hydrogen) atoms. The van der Waals surface area contributed by atoms with Crippen molar-refractivity contribution in [2.45, 2.75) is 6.92 Å². The van der Waals surface area contributed by atoms with Crippen molar-refractivity contribution in [3.8, 4) is 0 Å². The summed E-state index contributed by atoms with van der Waals surface area (Å²) in [4.78, 5) is 0. The summed E-state index contributed by atoms with van der Waals surface area (Å²) in [6.07, 6.45) is 0. The van der Waals surface area contributed by atoms with Crippen LogP contribution in [-0.2, 0) is 4.12 Å². The Labute approximate surface area is 66.9 Å². The number of aryl methyl sites for hydroxylation is 1. The third-order valence-corrected chi connectivity index (χ3v) is 3.32. The first-order chi connectivity index (χ1) is 4.83. The van der Waals surface area contributed by atoms with Crippen LogP contribution in [0.1, 0.15) is 5.56 Å². The first-order valence-electron chi connectivity index (χ1n) is 3.37. The zero-order valence-electron chi connectivity index (χ0n) is 6.42. The van der Waals surface area contributed by atoms with Gasteiger partial charge in [0.05, 0.1) is 0 Å². The van der Waals surface area contributed by atoms with Gasteiger partial charge in [0.25, 0.3) is 0 Å². The minimum atomic E-state index is -0.361. The smallest absolute Gasteiger partial charge is 0.178 e. The molecule has 1 aromatic rings. The molecule has 0 bridgehead atoms. The Morgan fingerprint density at radius 1 is 1.50 bits per heavy atom. The van der Waals surface area contributed by atoms with Crippen LogP contribution >= 0.6 is 0 Å². The van der Waals surface area contributed by atoms with Gasteiger partial charge in [-0.1, -0.05) is 29.8 Å². The van der Waals surface area contributed by atoms with Crippen molar-refractivity contribution in [3.05, 3.63) is 29.8 Å². The van der Waals surface area contributed by atoms with Crippen LogP contribution in [-0.4, -0.2) is 20.2 Å². The van der Waals surface area contributed by atoms with E-state index in [0.717, 1.165) is 10.5 Å². The molecule has 1 rings (SSSR count). The second-order valence-corrected chi connectivity index (χ2v) is 5.84. The number of hydrogen-bond acceptors (Lipinski definition) is 1. The SMILES string of the molecule is Cc1cccc([SiH2]O[SiH3])c1. The molecule has 0 unspecified atom stereocenters. The topological polar surface area (TPSA) is 9.23 Å². The van der Waals surface area contributed by atoms with Crippen LogP contribution in [0.25, 0.3) is 0 Å². The molecule has 54 valence electrons. The number of rotatable bonds is 2. The van der Waals surface area contributed by atoms with Gasteiger partial charge in [0.15, 0.2) is 9.76 Å². The van der Waals surface area contributed by atoms with Crippen LogP contribution in [0, 0.1) is 6.92 Å². The van der Waals surface area contributed by atoms with Gasteiger partial charge in [-0.15, -0.1) is 0 Å². The standard InChI is InChI=1S/C7H12OSi2/c1-6-3-2-4-7(5-6)10-8-9/h2-5H,10H2,1,9H3. The highest BCUT2D eigenvalue weighted by Gasteiger charge is 1.90. The Morgan fingerprint density at radius 2 is 2.30 bits per heavy atom. The van der Waals surface area contributed by atoms with Crippen LogP contribution in [0.5, 0.6) is 0 Å². The second kappa shape index (κ2) is 3.70. The van der Waals surface area contributed by atoms with Gasteiger partial charge in [0.1, 0.15) is 10.5 Å². The summed E-state index contributed by atoms with van der Waals surface area (Å²) >= 11 is 0. The lowest BCUT2D eigenvalue weighted by atomic mass is 10.2. The molecule has 0 aromatic heterocycles. The summed E-state index contributed by atoms with van der Waals surface area (Å²) < 4.78 is 5.26. The molecule has 1 nitrogen and oxygen atoms in total. The van der Waals surface area contributed by atoms with Crippen molar-refractivity contribution in [1.82, 2.24) is 0 Å². The van der Waals surface area contributed by atoms with Gasteiger partial charge in [0.2, 0.25) is 0 Å². The van der Waals surface area contributed by atoms with Gasteiger partial charge >= 0.3 is 0 Å². The minimum absolute atomic E-state index is 0.361. The van der Waals surface area contributed by atoms with E-state index in [4.69, 9.17) is 4.12 Å². The lowest BCUT2D eigenvalue weighted by Gasteiger charge is -1.98. The summed E-state index contributed by atoms with van der Waals surface area (Å²) in [5, 5.41) is 1.41. The van der Waals surface area contributed by atoms with Crippen molar-refractivity contribution in [2.24, 2.45) is 0 Å². The molecule has 0 aliphatic rings. The summed E-state index contributed by atoms with van der Waals surface area (Å²) in [6, 6.07) is 8.57. The maximum Gasteiger partial charge on any atom is 0.178 e. The molecule has 0 atom stereocenters. The summed E-state index contributed by atoms with van der Waals surface area (Å²) in [6.45, 7) is 2.12. The van der Waals surface area contributed by atoms with Gasteiger partial charge in [-0.3, -0.25) is 0 Å². The molecule has 3 heteroatoms. The van der Waals surface area contributed by atoms with E-state index < -0.39 is 0 Å². The molecule has 0 saturated carbocycles. The molecule has 0 heterocycles. The molecule has 0 saturated heterocycles. The van der Waals surface area contributed by atoms with Crippen LogP contribution in [0.2, 0.25) is 0 Å². The lowest BCUT2D eigenvalue weighted by Crippen LogP contribution is -2.15. The highest BCUT2D eigenvalue weighted by molar-refractivity contribution is 6.50. The fourth-order valence-electron chi connectivity index (χ4n) is 0.969. The molecule has 0 radical (unpaired) electrons. The van der Waals surface area contributed by atoms with Crippen molar-refractivity contribution < 1.29 is 4.12 Å². The minimum Gasteiger partial charge on any atom is -0.465 e. The van der Waals surface area contributed by atoms with E-state index in [9.17, 15) is 0 Å².